The van der Waals surface area contributed by atoms with E-state index in [0.29, 0.717) is 36.4 Å². The fourth-order valence-corrected chi connectivity index (χ4v) is 3.98. The number of hydrogen-bond acceptors (Lipinski definition) is 6. The zero-order valence-corrected chi connectivity index (χ0v) is 16.9. The van der Waals surface area contributed by atoms with Crippen LogP contribution >= 0.6 is 0 Å². The van der Waals surface area contributed by atoms with Crippen LogP contribution in [0, 0.1) is 5.92 Å². The summed E-state index contributed by atoms with van der Waals surface area (Å²) >= 11 is 0. The Morgan fingerprint density at radius 3 is 2.48 bits per heavy atom. The van der Waals surface area contributed by atoms with Gasteiger partial charge in [0.25, 0.3) is 0 Å². The molecule has 1 aliphatic rings. The topological polar surface area (TPSA) is 67.6 Å². The van der Waals surface area contributed by atoms with E-state index in [1.54, 1.807) is 21.3 Å². The molecular formula is C22H25N3O4. The lowest BCUT2D eigenvalue weighted by Crippen LogP contribution is -2.20. The second-order valence-electron chi connectivity index (χ2n) is 6.96. The fraction of sp³-hybridized carbons (Fsp3) is 0.364. The Kier molecular flexibility index (Phi) is 5.67. The van der Waals surface area contributed by atoms with E-state index < -0.39 is 0 Å². The molecule has 0 radical (unpaired) electrons. The molecule has 1 saturated heterocycles. The second kappa shape index (κ2) is 8.53. The molecule has 1 aromatic carbocycles. The van der Waals surface area contributed by atoms with E-state index in [-0.39, 0.29) is 6.04 Å². The van der Waals surface area contributed by atoms with Crippen LogP contribution in [0.1, 0.15) is 11.6 Å². The van der Waals surface area contributed by atoms with Crippen molar-refractivity contribution in [1.29, 1.82) is 0 Å². The van der Waals surface area contributed by atoms with Gasteiger partial charge >= 0.3 is 0 Å². The van der Waals surface area contributed by atoms with Crippen molar-refractivity contribution >= 4 is 0 Å². The third kappa shape index (κ3) is 3.65. The van der Waals surface area contributed by atoms with Crippen molar-refractivity contribution in [2.24, 2.45) is 5.92 Å². The van der Waals surface area contributed by atoms with E-state index in [2.05, 4.69) is 26.7 Å². The number of pyridine rings is 1. The molecule has 0 N–H and O–H groups in total. The molecule has 0 aliphatic carbocycles. The second-order valence-corrected chi connectivity index (χ2v) is 6.96. The van der Waals surface area contributed by atoms with E-state index in [4.69, 9.17) is 18.9 Å². The first-order valence-corrected chi connectivity index (χ1v) is 9.55. The van der Waals surface area contributed by atoms with Crippen molar-refractivity contribution in [2.45, 2.75) is 12.5 Å². The summed E-state index contributed by atoms with van der Waals surface area (Å²) in [5.41, 5.74) is 2.11. The average Bonchev–Trinajstić information content (AvgIpc) is 3.42. The van der Waals surface area contributed by atoms with Crippen LogP contribution in [0.4, 0.5) is 0 Å². The van der Waals surface area contributed by atoms with Crippen molar-refractivity contribution in [1.82, 2.24) is 14.5 Å². The minimum absolute atomic E-state index is 0.179. The van der Waals surface area contributed by atoms with Gasteiger partial charge in [0.05, 0.1) is 46.1 Å². The molecule has 152 valence electrons. The highest BCUT2D eigenvalue weighted by molar-refractivity contribution is 5.72. The van der Waals surface area contributed by atoms with Crippen molar-refractivity contribution in [3.05, 3.63) is 54.6 Å². The smallest absolute Gasteiger partial charge is 0.204 e. The highest BCUT2D eigenvalue weighted by Crippen LogP contribution is 2.44. The standard InChI is InChI=1S/C22H25N3O4/c1-26-19-5-4-17(20(27-2)21(19)28-3)22-24-10-11-25(22)18-14-29-13-16(18)12-15-6-8-23-9-7-15/h4-11,16,18H,12-14H2,1-3H3/t16-,18-/m1/s1. The van der Waals surface area contributed by atoms with E-state index >= 15 is 0 Å². The van der Waals surface area contributed by atoms with Gasteiger partial charge in [-0.05, 0) is 36.2 Å². The maximum absolute atomic E-state index is 5.85. The summed E-state index contributed by atoms with van der Waals surface area (Å²) in [5.74, 6) is 2.93. The van der Waals surface area contributed by atoms with Crippen LogP contribution in [-0.2, 0) is 11.2 Å². The lowest BCUT2D eigenvalue weighted by Gasteiger charge is -2.22. The van der Waals surface area contributed by atoms with Gasteiger partial charge in [0.1, 0.15) is 5.82 Å². The molecule has 2 atom stereocenters. The van der Waals surface area contributed by atoms with E-state index in [9.17, 15) is 0 Å². The van der Waals surface area contributed by atoms with Crippen LogP contribution in [0.25, 0.3) is 11.4 Å². The third-order valence-corrected chi connectivity index (χ3v) is 5.38. The largest absolute Gasteiger partial charge is 0.493 e. The molecule has 0 unspecified atom stereocenters. The normalized spacial score (nSPS) is 18.6. The highest BCUT2D eigenvalue weighted by Gasteiger charge is 2.32. The van der Waals surface area contributed by atoms with Crippen LogP contribution in [0.2, 0.25) is 0 Å². The van der Waals surface area contributed by atoms with Crippen LogP contribution < -0.4 is 14.2 Å². The number of hydrogen-bond donors (Lipinski definition) is 0. The Labute approximate surface area is 170 Å². The first-order chi connectivity index (χ1) is 14.3. The molecule has 3 heterocycles. The molecule has 1 fully saturated rings. The Balaban J connectivity index is 1.70. The SMILES string of the molecule is COc1ccc(-c2nccn2[C@@H]2COC[C@H]2Cc2ccncc2)c(OC)c1OC. The lowest BCUT2D eigenvalue weighted by atomic mass is 9.95. The average molecular weight is 395 g/mol. The van der Waals surface area contributed by atoms with Gasteiger partial charge < -0.3 is 23.5 Å². The molecule has 0 saturated carbocycles. The Morgan fingerprint density at radius 2 is 1.76 bits per heavy atom. The zero-order valence-electron chi connectivity index (χ0n) is 16.9. The monoisotopic (exact) mass is 395 g/mol. The number of aromatic nitrogens is 3. The maximum Gasteiger partial charge on any atom is 0.204 e. The number of ether oxygens (including phenoxy) is 4. The number of benzene rings is 1. The Morgan fingerprint density at radius 1 is 0.966 bits per heavy atom. The van der Waals surface area contributed by atoms with Gasteiger partial charge in [0.15, 0.2) is 11.5 Å². The minimum atomic E-state index is 0.179. The van der Waals surface area contributed by atoms with Gasteiger partial charge in [-0.25, -0.2) is 4.98 Å². The molecule has 7 nitrogen and oxygen atoms in total. The van der Waals surface area contributed by atoms with E-state index in [1.807, 2.05) is 36.9 Å². The van der Waals surface area contributed by atoms with Crippen molar-refractivity contribution < 1.29 is 18.9 Å². The summed E-state index contributed by atoms with van der Waals surface area (Å²) in [6.45, 7) is 1.36. The van der Waals surface area contributed by atoms with Crippen LogP contribution in [0.5, 0.6) is 17.2 Å². The molecule has 0 bridgehead atoms. The molecule has 1 aliphatic heterocycles. The summed E-state index contributed by atoms with van der Waals surface area (Å²) in [4.78, 5) is 8.74. The molecule has 2 aromatic heterocycles. The fourth-order valence-electron chi connectivity index (χ4n) is 3.98. The summed E-state index contributed by atoms with van der Waals surface area (Å²) < 4.78 is 24.7. The first kappa shape index (κ1) is 19.3. The summed E-state index contributed by atoms with van der Waals surface area (Å²) in [5, 5.41) is 0. The Hall–Kier alpha value is -3.06. The third-order valence-electron chi connectivity index (χ3n) is 5.38. The van der Waals surface area contributed by atoms with Gasteiger partial charge in [0, 0.05) is 30.7 Å². The Bertz CT molecular complexity index is 958. The van der Waals surface area contributed by atoms with E-state index in [0.717, 1.165) is 17.8 Å². The highest BCUT2D eigenvalue weighted by atomic mass is 16.5. The molecule has 0 spiro atoms. The minimum Gasteiger partial charge on any atom is -0.493 e. The van der Waals surface area contributed by atoms with Crippen molar-refractivity contribution in [2.75, 3.05) is 34.5 Å². The lowest BCUT2D eigenvalue weighted by molar-refractivity contribution is 0.181. The summed E-state index contributed by atoms with van der Waals surface area (Å²) in [7, 11) is 4.84. The first-order valence-electron chi connectivity index (χ1n) is 9.55. The molecule has 4 rings (SSSR count). The number of imidazole rings is 1. The van der Waals surface area contributed by atoms with Crippen molar-refractivity contribution in [3.8, 4) is 28.6 Å². The molecule has 7 heteroatoms. The van der Waals surface area contributed by atoms with Crippen molar-refractivity contribution in [3.63, 3.8) is 0 Å². The van der Waals surface area contributed by atoms with Gasteiger partial charge in [-0.3, -0.25) is 4.98 Å². The van der Waals surface area contributed by atoms with Gasteiger partial charge in [0.2, 0.25) is 5.75 Å². The van der Waals surface area contributed by atoms with Gasteiger partial charge in [-0.1, -0.05) is 0 Å². The van der Waals surface area contributed by atoms with Gasteiger partial charge in [-0.2, -0.15) is 0 Å². The number of nitrogens with zero attached hydrogens (tertiary/aromatic N) is 3. The maximum atomic E-state index is 5.85. The summed E-state index contributed by atoms with van der Waals surface area (Å²) in [6, 6.07) is 8.11. The van der Waals surface area contributed by atoms with Gasteiger partial charge in [-0.15, -0.1) is 0 Å². The number of methoxy groups -OCH3 is 3. The quantitative estimate of drug-likeness (QED) is 0.611. The molecular weight excluding hydrogens is 370 g/mol. The van der Waals surface area contributed by atoms with Crippen LogP contribution in [-0.4, -0.2) is 49.1 Å². The van der Waals surface area contributed by atoms with Crippen LogP contribution in [0.3, 0.4) is 0 Å². The predicted octanol–water partition coefficient (Wildman–Crippen LogP) is 3.40. The number of rotatable bonds is 7. The van der Waals surface area contributed by atoms with E-state index in [1.165, 1.54) is 5.56 Å². The zero-order chi connectivity index (χ0) is 20.2. The van der Waals surface area contributed by atoms with Crippen LogP contribution in [0.15, 0.2) is 49.1 Å². The molecule has 0 amide bonds. The molecule has 29 heavy (non-hydrogen) atoms. The summed E-state index contributed by atoms with van der Waals surface area (Å²) in [6.07, 6.45) is 8.40. The predicted molar refractivity (Wildman–Crippen MR) is 109 cm³/mol. The molecule has 3 aromatic rings.